The van der Waals surface area contributed by atoms with E-state index in [2.05, 4.69) is 30.0 Å². The third kappa shape index (κ3) is 4.23. The van der Waals surface area contributed by atoms with Crippen LogP contribution in [-0.4, -0.2) is 48.4 Å². The van der Waals surface area contributed by atoms with E-state index in [1.165, 1.54) is 40.8 Å². The minimum atomic E-state index is -1.30. The second kappa shape index (κ2) is 10.6. The second-order valence-electron chi connectivity index (χ2n) is 13.5. The SMILES string of the molecule is CCSC(=O)[C@@]1(OC(=O)c2scnc2C)CC[C@H]2[C@@H]3CCC4=Cc5c(cnn5-c5ccc(F)cc5)C[C@]4(C)[C@H]3[C@@H](O)C[C@@]21C. The minimum absolute atomic E-state index is 0.00654. The van der Waals surface area contributed by atoms with Crippen molar-refractivity contribution in [1.29, 1.82) is 0 Å². The van der Waals surface area contributed by atoms with Crippen molar-refractivity contribution >= 4 is 40.3 Å². The zero-order valence-corrected chi connectivity index (χ0v) is 27.1. The highest BCUT2D eigenvalue weighted by Gasteiger charge is 2.70. The number of aliphatic hydroxyl groups is 1. The van der Waals surface area contributed by atoms with E-state index >= 15 is 0 Å². The topological polar surface area (TPSA) is 94.3 Å². The third-order valence-corrected chi connectivity index (χ3v) is 13.2. The van der Waals surface area contributed by atoms with E-state index in [0.717, 1.165) is 42.6 Å². The number of rotatable bonds is 5. The number of carbonyl (C=O) groups excluding carboxylic acids is 2. The molecule has 1 aromatic carbocycles. The first-order valence-corrected chi connectivity index (χ1v) is 17.4. The van der Waals surface area contributed by atoms with Crippen LogP contribution in [0, 0.1) is 41.3 Å². The Kier molecular flexibility index (Phi) is 7.21. The molecule has 44 heavy (non-hydrogen) atoms. The molecule has 232 valence electrons. The van der Waals surface area contributed by atoms with Crippen molar-refractivity contribution in [1.82, 2.24) is 14.8 Å². The maximum Gasteiger partial charge on any atom is 0.351 e. The number of thiazole rings is 1. The monoisotopic (exact) mass is 635 g/mol. The Morgan fingerprint density at radius 3 is 2.70 bits per heavy atom. The molecule has 0 aliphatic heterocycles. The number of thioether (sulfide) groups is 1. The van der Waals surface area contributed by atoms with Crippen molar-refractivity contribution in [3.63, 3.8) is 0 Å². The predicted octanol–water partition coefficient (Wildman–Crippen LogP) is 6.80. The molecule has 0 bridgehead atoms. The van der Waals surface area contributed by atoms with Gasteiger partial charge in [0.2, 0.25) is 5.12 Å². The normalized spacial score (nSPS) is 33.9. The average molecular weight is 636 g/mol. The van der Waals surface area contributed by atoms with Gasteiger partial charge in [0.1, 0.15) is 10.7 Å². The quantitative estimate of drug-likeness (QED) is 0.308. The standard InChI is InChI=1S/C34H38FN3O4S2/c1-5-43-31(41)34(42-30(40)29-19(2)36-18-44-29)13-12-25-24-11-6-21-14-26-20(17-37-38(26)23-9-7-22(35)8-10-23)15-32(21,3)28(24)27(39)16-33(25,34)4/h7-10,14,17-18,24-25,27-28,39H,5-6,11-13,15-16H2,1-4H3/t24-,25-,27-,28+,32-,33-,34-/m0/s1. The van der Waals surface area contributed by atoms with Crippen LogP contribution in [0.4, 0.5) is 4.39 Å². The minimum Gasteiger partial charge on any atom is -0.445 e. The first-order valence-electron chi connectivity index (χ1n) is 15.5. The molecule has 0 spiro atoms. The summed E-state index contributed by atoms with van der Waals surface area (Å²) in [6.45, 7) is 8.09. The van der Waals surface area contributed by atoms with Gasteiger partial charge in [-0.1, -0.05) is 38.1 Å². The lowest BCUT2D eigenvalue weighted by Crippen LogP contribution is -2.62. The number of aryl methyl sites for hydroxylation is 1. The molecule has 7 nitrogen and oxygen atoms in total. The number of aliphatic hydroxyl groups excluding tert-OH is 1. The lowest BCUT2D eigenvalue weighted by Gasteiger charge is -2.60. The molecule has 7 rings (SSSR count). The van der Waals surface area contributed by atoms with Crippen molar-refractivity contribution in [3.05, 3.63) is 69.2 Å². The molecule has 3 fully saturated rings. The first-order chi connectivity index (χ1) is 21.0. The average Bonchev–Trinajstić information content (AvgIpc) is 3.67. The summed E-state index contributed by atoms with van der Waals surface area (Å²) < 4.78 is 21.9. The summed E-state index contributed by atoms with van der Waals surface area (Å²) >= 11 is 2.45. The van der Waals surface area contributed by atoms with Gasteiger partial charge < -0.3 is 9.84 Å². The van der Waals surface area contributed by atoms with E-state index in [1.807, 2.05) is 17.8 Å². The van der Waals surface area contributed by atoms with Gasteiger partial charge in [0.15, 0.2) is 5.60 Å². The van der Waals surface area contributed by atoms with Gasteiger partial charge >= 0.3 is 5.97 Å². The van der Waals surface area contributed by atoms with Gasteiger partial charge in [-0.2, -0.15) is 5.10 Å². The predicted molar refractivity (Wildman–Crippen MR) is 169 cm³/mol. The lowest BCUT2D eigenvalue weighted by molar-refractivity contribution is -0.174. The van der Waals surface area contributed by atoms with Crippen LogP contribution in [0.2, 0.25) is 0 Å². The van der Waals surface area contributed by atoms with Gasteiger partial charge in [-0.05, 0) is 110 Å². The number of aromatic nitrogens is 3. The Hall–Kier alpha value is -2.82. The van der Waals surface area contributed by atoms with E-state index < -0.39 is 23.1 Å². The van der Waals surface area contributed by atoms with Crippen molar-refractivity contribution in [2.75, 3.05) is 5.75 Å². The van der Waals surface area contributed by atoms with Gasteiger partial charge in [0, 0.05) is 5.41 Å². The molecular weight excluding hydrogens is 598 g/mol. The van der Waals surface area contributed by atoms with Gasteiger partial charge in [0.05, 0.1) is 34.9 Å². The summed E-state index contributed by atoms with van der Waals surface area (Å²) in [5, 5.41) is 16.7. The maximum atomic E-state index is 14.0. The van der Waals surface area contributed by atoms with E-state index in [9.17, 15) is 19.1 Å². The zero-order valence-electron chi connectivity index (χ0n) is 25.5. The number of hydrogen-bond donors (Lipinski definition) is 1. The Morgan fingerprint density at radius 2 is 2.00 bits per heavy atom. The molecule has 10 heteroatoms. The molecule has 7 atom stereocenters. The number of ether oxygens (including phenoxy) is 1. The number of halogens is 1. The van der Waals surface area contributed by atoms with Gasteiger partial charge in [0.25, 0.3) is 0 Å². The highest BCUT2D eigenvalue weighted by atomic mass is 32.2. The Balaban J connectivity index is 1.23. The number of esters is 1. The van der Waals surface area contributed by atoms with Crippen LogP contribution in [-0.2, 0) is 16.0 Å². The maximum absolute atomic E-state index is 14.0. The van der Waals surface area contributed by atoms with Crippen LogP contribution in [0.15, 0.2) is 41.5 Å². The molecule has 4 aliphatic rings. The van der Waals surface area contributed by atoms with Gasteiger partial charge in [-0.25, -0.2) is 18.9 Å². The van der Waals surface area contributed by atoms with E-state index in [4.69, 9.17) is 4.74 Å². The van der Waals surface area contributed by atoms with Crippen molar-refractivity contribution in [2.45, 2.75) is 77.9 Å². The summed E-state index contributed by atoms with van der Waals surface area (Å²) in [4.78, 5) is 32.2. The van der Waals surface area contributed by atoms with E-state index in [1.54, 1.807) is 24.6 Å². The van der Waals surface area contributed by atoms with Crippen LogP contribution in [0.5, 0.6) is 0 Å². The highest BCUT2D eigenvalue weighted by molar-refractivity contribution is 8.13. The number of fused-ring (bicyclic) bond motifs is 6. The van der Waals surface area contributed by atoms with E-state index in [-0.39, 0.29) is 34.1 Å². The van der Waals surface area contributed by atoms with Gasteiger partial charge in [-0.15, -0.1) is 11.3 Å². The molecule has 2 aromatic heterocycles. The van der Waals surface area contributed by atoms with Crippen molar-refractivity contribution < 1.29 is 23.8 Å². The second-order valence-corrected chi connectivity index (χ2v) is 15.6. The molecule has 1 N–H and O–H groups in total. The largest absolute Gasteiger partial charge is 0.445 e. The Morgan fingerprint density at radius 1 is 1.23 bits per heavy atom. The van der Waals surface area contributed by atoms with Crippen LogP contribution in [0.3, 0.4) is 0 Å². The molecule has 0 unspecified atom stereocenters. The number of nitrogens with zero attached hydrogens (tertiary/aromatic N) is 3. The highest BCUT2D eigenvalue weighted by Crippen LogP contribution is 2.69. The van der Waals surface area contributed by atoms with Crippen LogP contribution >= 0.6 is 23.1 Å². The molecule has 2 heterocycles. The molecule has 0 saturated heterocycles. The van der Waals surface area contributed by atoms with Crippen LogP contribution in [0.25, 0.3) is 11.8 Å². The fraction of sp³-hybridized carbons (Fsp3) is 0.529. The smallest absolute Gasteiger partial charge is 0.351 e. The summed E-state index contributed by atoms with van der Waals surface area (Å²) in [5.74, 6) is 0.142. The summed E-state index contributed by atoms with van der Waals surface area (Å²) in [5.41, 5.74) is 4.24. The summed E-state index contributed by atoms with van der Waals surface area (Å²) in [7, 11) is 0. The van der Waals surface area contributed by atoms with Crippen LogP contribution < -0.4 is 0 Å². The molecule has 3 saturated carbocycles. The number of allylic oxidation sites excluding steroid dienone is 1. The molecule has 3 aromatic rings. The lowest BCUT2D eigenvalue weighted by atomic mass is 9.45. The molecule has 4 aliphatic carbocycles. The Labute approximate surface area is 265 Å². The zero-order chi connectivity index (χ0) is 31.0. The number of hydrogen-bond acceptors (Lipinski definition) is 8. The third-order valence-electron chi connectivity index (χ3n) is 11.4. The number of benzene rings is 1. The van der Waals surface area contributed by atoms with Gasteiger partial charge in [-0.3, -0.25) is 4.79 Å². The molecular formula is C34H38FN3O4S2. The fourth-order valence-electron chi connectivity index (χ4n) is 9.46. The fourth-order valence-corrected chi connectivity index (χ4v) is 11.0. The van der Waals surface area contributed by atoms with Crippen molar-refractivity contribution in [2.24, 2.45) is 28.6 Å². The molecule has 0 radical (unpaired) electrons. The summed E-state index contributed by atoms with van der Waals surface area (Å²) in [6.07, 6.45) is 7.66. The first kappa shape index (κ1) is 29.9. The van der Waals surface area contributed by atoms with Crippen molar-refractivity contribution in [3.8, 4) is 5.69 Å². The molecule has 0 amide bonds. The Bertz CT molecular complexity index is 1670. The van der Waals surface area contributed by atoms with E-state index in [0.29, 0.717) is 29.2 Å². The summed E-state index contributed by atoms with van der Waals surface area (Å²) in [6, 6.07) is 6.38. The number of carbonyl (C=O) groups is 2. The van der Waals surface area contributed by atoms with Crippen LogP contribution in [0.1, 0.15) is 79.5 Å².